The summed E-state index contributed by atoms with van der Waals surface area (Å²) in [6.07, 6.45) is 2.68. The summed E-state index contributed by atoms with van der Waals surface area (Å²) in [6, 6.07) is 5.25. The summed E-state index contributed by atoms with van der Waals surface area (Å²) in [5.41, 5.74) is 0.440. The van der Waals surface area contributed by atoms with Crippen LogP contribution in [0.3, 0.4) is 0 Å². The summed E-state index contributed by atoms with van der Waals surface area (Å²) in [4.78, 5) is 43.4. The Labute approximate surface area is 134 Å². The topological polar surface area (TPSA) is 79.8 Å². The summed E-state index contributed by atoms with van der Waals surface area (Å²) in [5, 5.41) is 0. The van der Waals surface area contributed by atoms with Crippen molar-refractivity contribution in [2.45, 2.75) is 12.8 Å². The van der Waals surface area contributed by atoms with Crippen LogP contribution in [-0.2, 0) is 9.53 Å². The van der Waals surface area contributed by atoms with Crippen LogP contribution in [0.4, 0.5) is 4.79 Å². The first kappa shape index (κ1) is 15.5. The van der Waals surface area contributed by atoms with Gasteiger partial charge in [-0.15, -0.1) is 0 Å². The predicted molar refractivity (Wildman–Crippen MR) is 80.8 cm³/mol. The standard InChI is InChI=1S/C16H19N3O4/c20-14(11-19-8-9-23-16(19)22)18-7-3-4-12(10-18)15(21)13-5-1-2-6-17-13/h1-2,5-6,12H,3-4,7-11H2/t12-/m0/s1. The number of Topliss-reactive ketones (excluding diaryl/α,β-unsaturated/α-hetero) is 1. The monoisotopic (exact) mass is 317 g/mol. The number of ketones is 1. The number of piperidine rings is 1. The number of pyridine rings is 1. The molecule has 3 rings (SSSR count). The Morgan fingerprint density at radius 2 is 2.17 bits per heavy atom. The number of likely N-dealkylation sites (tertiary alicyclic amines) is 1. The third-order valence-electron chi connectivity index (χ3n) is 4.23. The summed E-state index contributed by atoms with van der Waals surface area (Å²) < 4.78 is 4.82. The third-order valence-corrected chi connectivity index (χ3v) is 4.23. The molecule has 0 unspecified atom stereocenters. The molecule has 2 aliphatic heterocycles. The highest BCUT2D eigenvalue weighted by Gasteiger charge is 2.32. The van der Waals surface area contributed by atoms with Gasteiger partial charge in [-0.05, 0) is 25.0 Å². The number of hydrogen-bond donors (Lipinski definition) is 0. The van der Waals surface area contributed by atoms with E-state index in [1.165, 1.54) is 4.90 Å². The first-order chi connectivity index (χ1) is 11.1. The van der Waals surface area contributed by atoms with Gasteiger partial charge < -0.3 is 9.64 Å². The Kier molecular flexibility index (Phi) is 4.55. The molecule has 0 radical (unpaired) electrons. The van der Waals surface area contributed by atoms with Gasteiger partial charge in [-0.1, -0.05) is 6.07 Å². The molecule has 0 aromatic carbocycles. The molecular weight excluding hydrogens is 298 g/mol. The van der Waals surface area contributed by atoms with Crippen LogP contribution in [0.25, 0.3) is 0 Å². The molecule has 0 saturated carbocycles. The zero-order valence-electron chi connectivity index (χ0n) is 12.8. The Morgan fingerprint density at radius 3 is 2.87 bits per heavy atom. The fraction of sp³-hybridized carbons (Fsp3) is 0.500. The summed E-state index contributed by atoms with van der Waals surface area (Å²) in [7, 11) is 0. The van der Waals surface area contributed by atoms with E-state index >= 15 is 0 Å². The summed E-state index contributed by atoms with van der Waals surface area (Å²) in [5.74, 6) is -0.390. The molecule has 2 saturated heterocycles. The van der Waals surface area contributed by atoms with E-state index in [-0.39, 0.29) is 24.2 Å². The molecule has 1 aromatic rings. The highest BCUT2D eigenvalue weighted by molar-refractivity contribution is 5.96. The molecule has 3 heterocycles. The molecule has 0 spiro atoms. The Bertz CT molecular complexity index is 605. The van der Waals surface area contributed by atoms with Gasteiger partial charge in [-0.25, -0.2) is 4.79 Å². The lowest BCUT2D eigenvalue weighted by Crippen LogP contribution is -2.46. The number of amides is 2. The number of nitrogens with zero attached hydrogens (tertiary/aromatic N) is 3. The zero-order valence-corrected chi connectivity index (χ0v) is 12.8. The van der Waals surface area contributed by atoms with Crippen molar-refractivity contribution in [3.63, 3.8) is 0 Å². The van der Waals surface area contributed by atoms with E-state index in [2.05, 4.69) is 4.98 Å². The van der Waals surface area contributed by atoms with Crippen LogP contribution in [0, 0.1) is 5.92 Å². The fourth-order valence-electron chi connectivity index (χ4n) is 2.97. The van der Waals surface area contributed by atoms with Crippen LogP contribution in [-0.4, -0.2) is 65.4 Å². The molecule has 0 aliphatic carbocycles. The Balaban J connectivity index is 1.60. The van der Waals surface area contributed by atoms with Gasteiger partial charge in [0.2, 0.25) is 5.91 Å². The van der Waals surface area contributed by atoms with E-state index in [1.807, 2.05) is 0 Å². The van der Waals surface area contributed by atoms with Crippen molar-refractivity contribution in [3.8, 4) is 0 Å². The third kappa shape index (κ3) is 3.49. The van der Waals surface area contributed by atoms with Crippen molar-refractivity contribution in [2.75, 3.05) is 32.8 Å². The number of carbonyl (C=O) groups excluding carboxylic acids is 3. The Morgan fingerprint density at radius 1 is 1.30 bits per heavy atom. The van der Waals surface area contributed by atoms with Crippen molar-refractivity contribution in [1.29, 1.82) is 0 Å². The highest BCUT2D eigenvalue weighted by atomic mass is 16.6. The molecule has 7 heteroatoms. The minimum Gasteiger partial charge on any atom is -0.448 e. The smallest absolute Gasteiger partial charge is 0.410 e. The SMILES string of the molecule is O=C(c1ccccn1)[C@H]1CCCN(C(=O)CN2CCOC2=O)C1. The normalized spacial score (nSPS) is 21.2. The Hall–Kier alpha value is -2.44. The first-order valence-corrected chi connectivity index (χ1v) is 7.80. The molecule has 1 atom stereocenters. The average molecular weight is 317 g/mol. The molecule has 23 heavy (non-hydrogen) atoms. The largest absolute Gasteiger partial charge is 0.448 e. The van der Waals surface area contributed by atoms with Gasteiger partial charge in [0, 0.05) is 25.2 Å². The minimum atomic E-state index is -0.448. The van der Waals surface area contributed by atoms with Gasteiger partial charge in [0.25, 0.3) is 0 Å². The second-order valence-electron chi connectivity index (χ2n) is 5.79. The lowest BCUT2D eigenvalue weighted by atomic mass is 9.92. The van der Waals surface area contributed by atoms with E-state index in [0.717, 1.165) is 12.8 Å². The minimum absolute atomic E-state index is 0.0172. The van der Waals surface area contributed by atoms with Gasteiger partial charge in [0.05, 0.1) is 6.54 Å². The summed E-state index contributed by atoms with van der Waals surface area (Å²) >= 11 is 0. The van der Waals surface area contributed by atoms with Gasteiger partial charge in [0.1, 0.15) is 18.8 Å². The van der Waals surface area contributed by atoms with Crippen molar-refractivity contribution in [2.24, 2.45) is 5.92 Å². The van der Waals surface area contributed by atoms with Crippen LogP contribution in [0.15, 0.2) is 24.4 Å². The fourth-order valence-corrected chi connectivity index (χ4v) is 2.97. The van der Waals surface area contributed by atoms with Gasteiger partial charge in [-0.2, -0.15) is 0 Å². The molecule has 7 nitrogen and oxygen atoms in total. The second-order valence-corrected chi connectivity index (χ2v) is 5.79. The molecule has 2 amide bonds. The molecule has 1 aromatic heterocycles. The van der Waals surface area contributed by atoms with E-state index in [1.54, 1.807) is 29.3 Å². The maximum Gasteiger partial charge on any atom is 0.410 e. The van der Waals surface area contributed by atoms with Crippen molar-refractivity contribution < 1.29 is 19.1 Å². The van der Waals surface area contributed by atoms with E-state index in [0.29, 0.717) is 31.9 Å². The quantitative estimate of drug-likeness (QED) is 0.773. The number of aromatic nitrogens is 1. The van der Waals surface area contributed by atoms with E-state index in [4.69, 9.17) is 4.74 Å². The van der Waals surface area contributed by atoms with Crippen molar-refractivity contribution >= 4 is 17.8 Å². The second kappa shape index (κ2) is 6.76. The molecule has 2 aliphatic rings. The van der Waals surface area contributed by atoms with Crippen LogP contribution >= 0.6 is 0 Å². The zero-order chi connectivity index (χ0) is 16.2. The maximum absolute atomic E-state index is 12.5. The van der Waals surface area contributed by atoms with Crippen LogP contribution in [0.5, 0.6) is 0 Å². The van der Waals surface area contributed by atoms with Crippen molar-refractivity contribution in [3.05, 3.63) is 30.1 Å². The number of cyclic esters (lactones) is 1. The first-order valence-electron chi connectivity index (χ1n) is 7.80. The lowest BCUT2D eigenvalue weighted by Gasteiger charge is -2.32. The van der Waals surface area contributed by atoms with Crippen LogP contribution in [0.1, 0.15) is 23.3 Å². The van der Waals surface area contributed by atoms with Crippen molar-refractivity contribution in [1.82, 2.24) is 14.8 Å². The van der Waals surface area contributed by atoms with Gasteiger partial charge in [0.15, 0.2) is 5.78 Å². The number of hydrogen-bond acceptors (Lipinski definition) is 5. The maximum atomic E-state index is 12.5. The molecule has 0 N–H and O–H groups in total. The molecular formula is C16H19N3O4. The molecule has 0 bridgehead atoms. The number of rotatable bonds is 4. The molecule has 122 valence electrons. The average Bonchev–Trinajstić information content (AvgIpc) is 3.00. The number of carbonyl (C=O) groups is 3. The van der Waals surface area contributed by atoms with Crippen LogP contribution in [0.2, 0.25) is 0 Å². The van der Waals surface area contributed by atoms with Gasteiger partial charge >= 0.3 is 6.09 Å². The number of ether oxygens (including phenoxy) is 1. The van der Waals surface area contributed by atoms with Crippen LogP contribution < -0.4 is 0 Å². The summed E-state index contributed by atoms with van der Waals surface area (Å²) in [6.45, 7) is 1.79. The van der Waals surface area contributed by atoms with Gasteiger partial charge in [-0.3, -0.25) is 19.5 Å². The lowest BCUT2D eigenvalue weighted by molar-refractivity contribution is -0.133. The highest BCUT2D eigenvalue weighted by Crippen LogP contribution is 2.20. The van der Waals surface area contributed by atoms with E-state index in [9.17, 15) is 14.4 Å². The molecule has 2 fully saturated rings. The van der Waals surface area contributed by atoms with E-state index < -0.39 is 6.09 Å². The predicted octanol–water partition coefficient (Wildman–Crippen LogP) is 0.955.